The van der Waals surface area contributed by atoms with Crippen LogP contribution in [0.1, 0.15) is 31.4 Å². The topological polar surface area (TPSA) is 80.2 Å². The molecule has 0 saturated carbocycles. The number of aryl methyl sites for hydroxylation is 2. The second-order valence-electron chi connectivity index (χ2n) is 7.91. The third-order valence-corrected chi connectivity index (χ3v) is 5.03. The van der Waals surface area contributed by atoms with Crippen molar-refractivity contribution in [3.05, 3.63) is 41.7 Å². The predicted molar refractivity (Wildman–Crippen MR) is 106 cm³/mol. The first-order chi connectivity index (χ1) is 12.8. The highest BCUT2D eigenvalue weighted by molar-refractivity contribution is 6.01. The van der Waals surface area contributed by atoms with Gasteiger partial charge in [-0.1, -0.05) is 6.07 Å². The van der Waals surface area contributed by atoms with Crippen molar-refractivity contribution in [3.63, 3.8) is 0 Å². The molecule has 0 spiro atoms. The summed E-state index contributed by atoms with van der Waals surface area (Å²) in [6.45, 7) is 8.75. The van der Waals surface area contributed by atoms with Crippen LogP contribution in [-0.4, -0.2) is 38.5 Å². The second-order valence-corrected chi connectivity index (χ2v) is 7.91. The Morgan fingerprint density at radius 3 is 2.70 bits per heavy atom. The minimum atomic E-state index is -0.135. The first-order valence-corrected chi connectivity index (χ1v) is 9.15. The zero-order chi connectivity index (χ0) is 19.2. The van der Waals surface area contributed by atoms with E-state index >= 15 is 0 Å². The van der Waals surface area contributed by atoms with Crippen LogP contribution < -0.4 is 5.32 Å². The maximum absolute atomic E-state index is 10.5. The summed E-state index contributed by atoms with van der Waals surface area (Å²) in [5.41, 5.74) is 3.21. The van der Waals surface area contributed by atoms with Crippen molar-refractivity contribution in [3.8, 4) is 17.0 Å². The van der Waals surface area contributed by atoms with E-state index in [4.69, 9.17) is 4.74 Å². The molecule has 2 N–H and O–H groups in total. The maximum Gasteiger partial charge on any atom is 0.158 e. The molecule has 1 saturated heterocycles. The summed E-state index contributed by atoms with van der Waals surface area (Å²) in [4.78, 5) is 4.27. The van der Waals surface area contributed by atoms with Crippen molar-refractivity contribution in [2.24, 2.45) is 0 Å². The van der Waals surface area contributed by atoms with Gasteiger partial charge < -0.3 is 15.2 Å². The van der Waals surface area contributed by atoms with Crippen molar-refractivity contribution >= 4 is 16.6 Å². The quantitative estimate of drug-likeness (QED) is 0.731. The second kappa shape index (κ2) is 6.46. The van der Waals surface area contributed by atoms with E-state index in [1.54, 1.807) is 18.5 Å². The van der Waals surface area contributed by atoms with Crippen LogP contribution in [0.15, 0.2) is 30.6 Å². The van der Waals surface area contributed by atoms with Crippen LogP contribution in [0.3, 0.4) is 0 Å². The fourth-order valence-corrected chi connectivity index (χ4v) is 3.87. The van der Waals surface area contributed by atoms with Gasteiger partial charge in [-0.2, -0.15) is 0 Å². The van der Waals surface area contributed by atoms with E-state index in [0.717, 1.165) is 28.3 Å². The summed E-state index contributed by atoms with van der Waals surface area (Å²) in [6, 6.07) is 5.88. The minimum Gasteiger partial charge on any atom is -0.507 e. The molecule has 1 aliphatic heterocycles. The number of aromatic nitrogens is 3. The lowest BCUT2D eigenvalue weighted by Gasteiger charge is -2.17. The fourth-order valence-electron chi connectivity index (χ4n) is 3.87. The Labute approximate surface area is 158 Å². The molecule has 1 atom stereocenters. The van der Waals surface area contributed by atoms with E-state index in [1.807, 2.05) is 26.0 Å². The number of benzene rings is 1. The number of hydrogen-bond donors (Lipinski definition) is 2. The van der Waals surface area contributed by atoms with E-state index in [9.17, 15) is 5.11 Å². The number of nitrogens with one attached hydrogen (secondary N) is 1. The Morgan fingerprint density at radius 2 is 2.00 bits per heavy atom. The molecule has 3 heterocycles. The lowest BCUT2D eigenvalue weighted by Crippen LogP contribution is -2.23. The van der Waals surface area contributed by atoms with Crippen molar-refractivity contribution in [1.29, 1.82) is 0 Å². The van der Waals surface area contributed by atoms with Gasteiger partial charge in [0.05, 0.1) is 18.2 Å². The van der Waals surface area contributed by atoms with Gasteiger partial charge in [0.2, 0.25) is 0 Å². The van der Waals surface area contributed by atoms with Crippen LogP contribution in [0.5, 0.6) is 5.75 Å². The molecule has 140 valence electrons. The zero-order valence-electron chi connectivity index (χ0n) is 16.1. The Kier molecular flexibility index (Phi) is 4.23. The largest absolute Gasteiger partial charge is 0.507 e. The molecule has 1 fully saturated rings. The molecule has 6 heteroatoms. The zero-order valence-corrected chi connectivity index (χ0v) is 16.1. The van der Waals surface area contributed by atoms with E-state index in [1.165, 1.54) is 0 Å². The average molecular weight is 364 g/mol. The highest BCUT2D eigenvalue weighted by Crippen LogP contribution is 2.37. The van der Waals surface area contributed by atoms with Crippen LogP contribution in [0, 0.1) is 13.8 Å². The number of phenols is 1. The van der Waals surface area contributed by atoms with Crippen LogP contribution in [0.25, 0.3) is 22.0 Å². The number of nitrogens with zero attached hydrogens (tertiary/aromatic N) is 3. The summed E-state index contributed by atoms with van der Waals surface area (Å²) >= 11 is 0. The number of pyridine rings is 1. The van der Waals surface area contributed by atoms with Gasteiger partial charge in [0.25, 0.3) is 0 Å². The van der Waals surface area contributed by atoms with Crippen LogP contribution in [-0.2, 0) is 4.74 Å². The van der Waals surface area contributed by atoms with Crippen molar-refractivity contribution in [2.75, 3.05) is 11.9 Å². The molecule has 4 rings (SSSR count). The Balaban J connectivity index is 1.80. The standard InChI is InChI=1S/C21H24N4O2/c1-12-7-13(2)18(17(26)8-12)19-15-5-6-22-10-16(15)20(25-24-19)23-14-9-21(3,4)27-11-14/h5-8,10,14,26H,9,11H2,1-4H3,(H,23,25)/t14-/m0/s1. The van der Waals surface area contributed by atoms with Gasteiger partial charge >= 0.3 is 0 Å². The van der Waals surface area contributed by atoms with E-state index in [0.29, 0.717) is 23.7 Å². The molecule has 6 nitrogen and oxygen atoms in total. The van der Waals surface area contributed by atoms with E-state index < -0.39 is 0 Å². The molecule has 0 radical (unpaired) electrons. The van der Waals surface area contributed by atoms with Gasteiger partial charge in [0.1, 0.15) is 11.4 Å². The Morgan fingerprint density at radius 1 is 1.19 bits per heavy atom. The third kappa shape index (κ3) is 3.32. The first kappa shape index (κ1) is 17.7. The number of fused-ring (bicyclic) bond motifs is 1. The van der Waals surface area contributed by atoms with Gasteiger partial charge in [-0.3, -0.25) is 4.98 Å². The van der Waals surface area contributed by atoms with Gasteiger partial charge in [-0.05, 0) is 57.4 Å². The van der Waals surface area contributed by atoms with E-state index in [2.05, 4.69) is 34.3 Å². The molecular formula is C21H24N4O2. The number of ether oxygens (including phenoxy) is 1. The number of phenolic OH excluding ortho intramolecular Hbond substituents is 1. The molecule has 3 aromatic rings. The molecule has 0 aliphatic carbocycles. The normalized spacial score (nSPS) is 18.7. The van der Waals surface area contributed by atoms with Crippen LogP contribution >= 0.6 is 0 Å². The smallest absolute Gasteiger partial charge is 0.158 e. The lowest BCUT2D eigenvalue weighted by atomic mass is 9.98. The summed E-state index contributed by atoms with van der Waals surface area (Å²) in [7, 11) is 0. The SMILES string of the molecule is Cc1cc(C)c(-c2nnc(N[C@@H]3COC(C)(C)C3)c3cnccc23)c(O)c1. The van der Waals surface area contributed by atoms with Gasteiger partial charge in [-0.25, -0.2) is 0 Å². The molecule has 27 heavy (non-hydrogen) atoms. The maximum atomic E-state index is 10.5. The first-order valence-electron chi connectivity index (χ1n) is 9.15. The molecule has 2 aromatic heterocycles. The molecule has 1 aromatic carbocycles. The summed E-state index contributed by atoms with van der Waals surface area (Å²) in [5.74, 6) is 0.906. The van der Waals surface area contributed by atoms with Crippen molar-refractivity contribution in [2.45, 2.75) is 45.8 Å². The summed E-state index contributed by atoms with van der Waals surface area (Å²) in [6.07, 6.45) is 4.42. The van der Waals surface area contributed by atoms with Gasteiger partial charge in [-0.15, -0.1) is 10.2 Å². The van der Waals surface area contributed by atoms with Gasteiger partial charge in [0, 0.05) is 28.7 Å². The Bertz CT molecular complexity index is 993. The average Bonchev–Trinajstić information content (AvgIpc) is 2.94. The van der Waals surface area contributed by atoms with Crippen LogP contribution in [0.2, 0.25) is 0 Å². The molecule has 0 bridgehead atoms. The van der Waals surface area contributed by atoms with Crippen molar-refractivity contribution < 1.29 is 9.84 Å². The van der Waals surface area contributed by atoms with Gasteiger partial charge in [0.15, 0.2) is 5.82 Å². The highest BCUT2D eigenvalue weighted by atomic mass is 16.5. The third-order valence-electron chi connectivity index (χ3n) is 5.03. The van der Waals surface area contributed by atoms with Crippen molar-refractivity contribution in [1.82, 2.24) is 15.2 Å². The summed E-state index contributed by atoms with van der Waals surface area (Å²) < 4.78 is 5.81. The number of aromatic hydroxyl groups is 1. The molecule has 1 aliphatic rings. The highest BCUT2D eigenvalue weighted by Gasteiger charge is 2.32. The number of hydrogen-bond acceptors (Lipinski definition) is 6. The number of anilines is 1. The van der Waals surface area contributed by atoms with E-state index in [-0.39, 0.29) is 17.4 Å². The molecular weight excluding hydrogens is 340 g/mol. The predicted octanol–water partition coefficient (Wildman–Crippen LogP) is 3.99. The number of rotatable bonds is 3. The Hall–Kier alpha value is -2.73. The molecule has 0 amide bonds. The monoisotopic (exact) mass is 364 g/mol. The fraction of sp³-hybridized carbons (Fsp3) is 0.381. The molecule has 0 unspecified atom stereocenters. The summed E-state index contributed by atoms with van der Waals surface area (Å²) in [5, 5.41) is 24.7. The lowest BCUT2D eigenvalue weighted by molar-refractivity contribution is 0.0363. The van der Waals surface area contributed by atoms with Crippen LogP contribution in [0.4, 0.5) is 5.82 Å². The minimum absolute atomic E-state index is 0.135.